The molecule has 102 valence electrons. The molecule has 0 amide bonds. The minimum Gasteiger partial charge on any atom is -0.410 e. The minimum absolute atomic E-state index is 0. The fourth-order valence-electron chi connectivity index (χ4n) is 1.99. The molecule has 20 heavy (non-hydrogen) atoms. The number of anilines is 1. The Morgan fingerprint density at radius 2 is 1.60 bits per heavy atom. The van der Waals surface area contributed by atoms with E-state index in [2.05, 4.69) is 44.9 Å². The Balaban J connectivity index is 0.00000200. The molecule has 2 rings (SSSR count). The van der Waals surface area contributed by atoms with Gasteiger partial charge in [-0.1, -0.05) is 18.2 Å². The van der Waals surface area contributed by atoms with Gasteiger partial charge in [0.15, 0.2) is 5.11 Å². The summed E-state index contributed by atoms with van der Waals surface area (Å²) in [6.07, 6.45) is 0. The number of piperazine rings is 1. The van der Waals surface area contributed by atoms with Crippen molar-refractivity contribution < 1.29 is 51.4 Å². The van der Waals surface area contributed by atoms with E-state index in [9.17, 15) is 0 Å². The molecule has 2 N–H and O–H groups in total. The van der Waals surface area contributed by atoms with Crippen LogP contribution in [-0.4, -0.2) is 40.5 Å². The van der Waals surface area contributed by atoms with Gasteiger partial charge >= 0.3 is 51.4 Å². The predicted molar refractivity (Wildman–Crippen MR) is 89.1 cm³/mol. The smallest absolute Gasteiger partial charge is 0.410 e. The first-order chi connectivity index (χ1) is 9.16. The van der Waals surface area contributed by atoms with Crippen molar-refractivity contribution in [1.82, 2.24) is 15.8 Å². The standard InChI is InChI=1S/C12H16N4S3.K/c17-11(13-14-12(18)19)16-8-6-15(7-9-16)10-4-2-1-3-5-10;/h1-5H,6-9H2,(H,13,17)(H2,14,18,19);/q;+1/p-1. The fourth-order valence-corrected chi connectivity index (χ4v) is 2.33. The quantitative estimate of drug-likeness (QED) is 0.263. The van der Waals surface area contributed by atoms with Crippen molar-refractivity contribution in [3.05, 3.63) is 30.3 Å². The van der Waals surface area contributed by atoms with Crippen LogP contribution in [0.2, 0.25) is 0 Å². The van der Waals surface area contributed by atoms with Crippen LogP contribution in [0.3, 0.4) is 0 Å². The molecule has 4 nitrogen and oxygen atoms in total. The molecule has 0 spiro atoms. The van der Waals surface area contributed by atoms with Crippen molar-refractivity contribution in [2.45, 2.75) is 0 Å². The number of rotatable bonds is 1. The molecular formula is C12H15KN4S3. The van der Waals surface area contributed by atoms with Crippen molar-refractivity contribution >= 4 is 52.2 Å². The molecule has 1 aromatic rings. The summed E-state index contributed by atoms with van der Waals surface area (Å²) in [5.41, 5.74) is 6.79. The summed E-state index contributed by atoms with van der Waals surface area (Å²) in [6, 6.07) is 10.4. The van der Waals surface area contributed by atoms with Gasteiger partial charge in [0.25, 0.3) is 0 Å². The molecule has 0 atom stereocenters. The van der Waals surface area contributed by atoms with Gasteiger partial charge in [0, 0.05) is 31.9 Å². The van der Waals surface area contributed by atoms with Crippen molar-refractivity contribution in [3.63, 3.8) is 0 Å². The van der Waals surface area contributed by atoms with Crippen LogP contribution in [0.5, 0.6) is 0 Å². The average Bonchev–Trinajstić information content (AvgIpc) is 2.46. The number of thiocarbonyl (C=S) groups is 2. The third-order valence-electron chi connectivity index (χ3n) is 2.96. The second-order valence-electron chi connectivity index (χ2n) is 4.15. The van der Waals surface area contributed by atoms with E-state index in [-0.39, 0.29) is 55.7 Å². The molecule has 0 unspecified atom stereocenters. The zero-order valence-electron chi connectivity index (χ0n) is 11.3. The van der Waals surface area contributed by atoms with Crippen LogP contribution in [0.1, 0.15) is 0 Å². The maximum atomic E-state index is 5.28. The summed E-state index contributed by atoms with van der Waals surface area (Å²) in [4.78, 5) is 4.46. The van der Waals surface area contributed by atoms with Crippen molar-refractivity contribution in [1.29, 1.82) is 0 Å². The Hall–Kier alpha value is 0.456. The average molecular weight is 351 g/mol. The summed E-state index contributed by atoms with van der Waals surface area (Å²) in [7, 11) is 0. The van der Waals surface area contributed by atoms with Crippen LogP contribution in [0, 0.1) is 0 Å². The van der Waals surface area contributed by atoms with E-state index in [1.165, 1.54) is 5.69 Å². The SMILES string of the molecule is S=C([S-])NNC(=S)N1CCN(c2ccccc2)CC1.[K+]. The Kier molecular flexibility index (Phi) is 8.76. The third kappa shape index (κ3) is 5.68. The zero-order chi connectivity index (χ0) is 13.7. The van der Waals surface area contributed by atoms with Crippen LogP contribution >= 0.6 is 24.4 Å². The Morgan fingerprint density at radius 1 is 1.00 bits per heavy atom. The van der Waals surface area contributed by atoms with Crippen LogP contribution in [0.4, 0.5) is 5.69 Å². The molecule has 0 radical (unpaired) electrons. The first kappa shape index (κ1) is 18.5. The Labute approximate surface area is 178 Å². The summed E-state index contributed by atoms with van der Waals surface area (Å²) >= 11 is 14.8. The van der Waals surface area contributed by atoms with Crippen LogP contribution in [0.15, 0.2) is 30.3 Å². The van der Waals surface area contributed by atoms with Gasteiger partial charge in [-0.15, -0.1) is 0 Å². The number of para-hydroxylation sites is 1. The van der Waals surface area contributed by atoms with Crippen LogP contribution in [-0.2, 0) is 12.6 Å². The number of hydrogen-bond donors (Lipinski definition) is 2. The van der Waals surface area contributed by atoms with E-state index in [1.807, 2.05) is 6.07 Å². The molecule has 0 aliphatic carbocycles. The van der Waals surface area contributed by atoms with Gasteiger partial charge < -0.3 is 40.1 Å². The summed E-state index contributed by atoms with van der Waals surface area (Å²) in [5.74, 6) is 0. The molecule has 1 saturated heterocycles. The molecule has 0 aromatic heterocycles. The maximum Gasteiger partial charge on any atom is 1.00 e. The molecule has 8 heteroatoms. The normalized spacial score (nSPS) is 14.2. The molecule has 1 aliphatic rings. The number of nitrogens with one attached hydrogen (secondary N) is 2. The van der Waals surface area contributed by atoms with Crippen molar-refractivity contribution in [2.75, 3.05) is 31.1 Å². The third-order valence-corrected chi connectivity index (χ3v) is 3.52. The Bertz CT molecular complexity index is 449. The fraction of sp³-hybridized carbons (Fsp3) is 0.333. The van der Waals surface area contributed by atoms with Crippen molar-refractivity contribution in [3.8, 4) is 0 Å². The number of hydrazine groups is 1. The molecular weight excluding hydrogens is 335 g/mol. The van der Waals surface area contributed by atoms with Gasteiger partial charge in [-0.05, 0) is 28.7 Å². The van der Waals surface area contributed by atoms with Gasteiger partial charge in [-0.25, -0.2) is 0 Å². The number of nitrogens with zero attached hydrogens (tertiary/aromatic N) is 2. The topological polar surface area (TPSA) is 30.5 Å². The van der Waals surface area contributed by atoms with E-state index in [4.69, 9.17) is 37.1 Å². The minimum atomic E-state index is 0. The summed E-state index contributed by atoms with van der Waals surface area (Å²) in [5, 5.41) is 0.639. The molecule has 1 aliphatic heterocycles. The maximum absolute atomic E-state index is 5.28. The molecule has 0 saturated carbocycles. The monoisotopic (exact) mass is 350 g/mol. The Morgan fingerprint density at radius 3 is 2.15 bits per heavy atom. The van der Waals surface area contributed by atoms with Crippen molar-refractivity contribution in [2.24, 2.45) is 0 Å². The molecule has 0 bridgehead atoms. The van der Waals surface area contributed by atoms with E-state index >= 15 is 0 Å². The van der Waals surface area contributed by atoms with E-state index in [0.29, 0.717) is 5.11 Å². The van der Waals surface area contributed by atoms with E-state index in [1.54, 1.807) is 0 Å². The second-order valence-corrected chi connectivity index (χ2v) is 5.61. The molecule has 1 heterocycles. The molecule has 1 fully saturated rings. The van der Waals surface area contributed by atoms with E-state index in [0.717, 1.165) is 26.2 Å². The van der Waals surface area contributed by atoms with E-state index < -0.39 is 0 Å². The van der Waals surface area contributed by atoms with Crippen LogP contribution < -0.4 is 67.1 Å². The summed E-state index contributed by atoms with van der Waals surface area (Å²) in [6.45, 7) is 3.66. The van der Waals surface area contributed by atoms with Gasteiger partial charge in [0.1, 0.15) is 0 Å². The summed E-state index contributed by atoms with van der Waals surface area (Å²) < 4.78 is 0.269. The van der Waals surface area contributed by atoms with Gasteiger partial charge in [-0.3, -0.25) is 5.43 Å². The second kappa shape index (κ2) is 9.47. The first-order valence-corrected chi connectivity index (χ1v) is 7.21. The van der Waals surface area contributed by atoms with Crippen LogP contribution in [0.25, 0.3) is 0 Å². The number of benzene rings is 1. The zero-order valence-corrected chi connectivity index (χ0v) is 16.9. The first-order valence-electron chi connectivity index (χ1n) is 5.99. The van der Waals surface area contributed by atoms with Gasteiger partial charge in [0.2, 0.25) is 0 Å². The largest absolute Gasteiger partial charge is 1.00 e. The van der Waals surface area contributed by atoms with Gasteiger partial charge in [-0.2, -0.15) is 0 Å². The predicted octanol–water partition coefficient (Wildman–Crippen LogP) is -1.98. The number of hydrogen-bond acceptors (Lipinski definition) is 4. The molecule has 1 aromatic carbocycles. The van der Waals surface area contributed by atoms with Gasteiger partial charge in [0.05, 0.1) is 0 Å².